The summed E-state index contributed by atoms with van der Waals surface area (Å²) in [5.41, 5.74) is 1.87. The molecule has 0 amide bonds. The smallest absolute Gasteiger partial charge is 0.0615 e. The molecule has 1 nitrogen and oxygen atoms in total. The van der Waals surface area contributed by atoms with Crippen molar-refractivity contribution in [1.82, 2.24) is 0 Å². The Kier molecular flexibility index (Phi) is 3.13. The molecule has 0 heterocycles. The summed E-state index contributed by atoms with van der Waals surface area (Å²) < 4.78 is 0. The Bertz CT molecular complexity index is 318. The molecule has 0 radical (unpaired) electrons. The van der Waals surface area contributed by atoms with Crippen LogP contribution < -0.4 is 0 Å². The van der Waals surface area contributed by atoms with Gasteiger partial charge >= 0.3 is 0 Å². The van der Waals surface area contributed by atoms with E-state index in [2.05, 4.69) is 5.92 Å². The SMILES string of the molecule is C#Cc1cccc(C=CCO)c1. The number of benzene rings is 1. The fourth-order valence-electron chi connectivity index (χ4n) is 0.921. The van der Waals surface area contributed by atoms with Gasteiger partial charge in [-0.05, 0) is 17.7 Å². The van der Waals surface area contributed by atoms with Gasteiger partial charge in [-0.2, -0.15) is 0 Å². The van der Waals surface area contributed by atoms with Gasteiger partial charge in [-0.15, -0.1) is 6.42 Å². The van der Waals surface area contributed by atoms with E-state index in [4.69, 9.17) is 11.5 Å². The molecule has 1 aromatic carbocycles. The molecule has 1 heteroatoms. The van der Waals surface area contributed by atoms with Gasteiger partial charge in [0.05, 0.1) is 6.61 Å². The topological polar surface area (TPSA) is 20.2 Å². The second kappa shape index (κ2) is 4.38. The van der Waals surface area contributed by atoms with Crippen molar-refractivity contribution < 1.29 is 5.11 Å². The predicted molar refractivity (Wildman–Crippen MR) is 50.5 cm³/mol. The highest BCUT2D eigenvalue weighted by Crippen LogP contribution is 2.05. The number of hydrogen-bond donors (Lipinski definition) is 1. The van der Waals surface area contributed by atoms with Crippen LogP contribution in [-0.4, -0.2) is 11.7 Å². The fraction of sp³-hybridized carbons (Fsp3) is 0.0909. The zero-order valence-corrected chi connectivity index (χ0v) is 6.70. The average molecular weight is 158 g/mol. The number of terminal acetylenes is 1. The zero-order valence-electron chi connectivity index (χ0n) is 6.70. The van der Waals surface area contributed by atoms with Crippen LogP contribution >= 0.6 is 0 Å². The van der Waals surface area contributed by atoms with Gasteiger partial charge in [0.1, 0.15) is 0 Å². The van der Waals surface area contributed by atoms with Gasteiger partial charge < -0.3 is 5.11 Å². The molecular formula is C11H10O. The Morgan fingerprint density at radius 2 is 2.33 bits per heavy atom. The molecule has 1 rings (SSSR count). The monoisotopic (exact) mass is 158 g/mol. The molecule has 0 fully saturated rings. The number of aliphatic hydroxyl groups is 1. The van der Waals surface area contributed by atoms with Gasteiger partial charge in [0.15, 0.2) is 0 Å². The molecular weight excluding hydrogens is 148 g/mol. The van der Waals surface area contributed by atoms with Crippen molar-refractivity contribution in [2.24, 2.45) is 0 Å². The van der Waals surface area contributed by atoms with Gasteiger partial charge in [-0.25, -0.2) is 0 Å². The van der Waals surface area contributed by atoms with Crippen LogP contribution in [-0.2, 0) is 0 Å². The maximum Gasteiger partial charge on any atom is 0.0615 e. The van der Waals surface area contributed by atoms with Gasteiger partial charge in [-0.1, -0.05) is 30.2 Å². The molecule has 60 valence electrons. The summed E-state index contributed by atoms with van der Waals surface area (Å²) >= 11 is 0. The maximum absolute atomic E-state index is 8.53. The Labute approximate surface area is 72.4 Å². The van der Waals surface area contributed by atoms with Crippen LogP contribution in [0.25, 0.3) is 6.08 Å². The summed E-state index contributed by atoms with van der Waals surface area (Å²) in [5, 5.41) is 8.53. The molecule has 0 aliphatic heterocycles. The van der Waals surface area contributed by atoms with E-state index in [1.165, 1.54) is 0 Å². The van der Waals surface area contributed by atoms with Crippen LogP contribution in [0.15, 0.2) is 30.3 Å². The first-order valence-corrected chi connectivity index (χ1v) is 3.71. The minimum absolute atomic E-state index is 0.0558. The molecule has 1 aromatic rings. The first-order valence-electron chi connectivity index (χ1n) is 3.71. The van der Waals surface area contributed by atoms with Crippen molar-refractivity contribution in [3.8, 4) is 12.3 Å². The van der Waals surface area contributed by atoms with Crippen molar-refractivity contribution in [2.75, 3.05) is 6.61 Å². The average Bonchev–Trinajstić information content (AvgIpc) is 2.15. The second-order valence-electron chi connectivity index (χ2n) is 2.35. The first kappa shape index (κ1) is 8.58. The van der Waals surface area contributed by atoms with Crippen molar-refractivity contribution >= 4 is 6.08 Å². The molecule has 0 aromatic heterocycles. The third-order valence-corrected chi connectivity index (χ3v) is 1.47. The van der Waals surface area contributed by atoms with Crippen LogP contribution in [0.2, 0.25) is 0 Å². The standard InChI is InChI=1S/C11H10O/c1-2-10-5-3-6-11(9-10)7-4-8-12/h1,3-7,9,12H,8H2. The highest BCUT2D eigenvalue weighted by Gasteiger charge is 1.87. The minimum Gasteiger partial charge on any atom is -0.392 e. The lowest BCUT2D eigenvalue weighted by atomic mass is 10.1. The quantitative estimate of drug-likeness (QED) is 0.649. The lowest BCUT2D eigenvalue weighted by Gasteiger charge is -1.93. The molecule has 0 bridgehead atoms. The van der Waals surface area contributed by atoms with E-state index in [0.29, 0.717) is 0 Å². The highest BCUT2D eigenvalue weighted by molar-refractivity contribution is 5.52. The molecule has 0 saturated carbocycles. The largest absolute Gasteiger partial charge is 0.392 e. The van der Waals surface area contributed by atoms with Gasteiger partial charge in [0.2, 0.25) is 0 Å². The van der Waals surface area contributed by atoms with Crippen LogP contribution in [0.5, 0.6) is 0 Å². The van der Waals surface area contributed by atoms with E-state index in [9.17, 15) is 0 Å². The van der Waals surface area contributed by atoms with Crippen molar-refractivity contribution in [1.29, 1.82) is 0 Å². The van der Waals surface area contributed by atoms with Gasteiger partial charge in [0.25, 0.3) is 0 Å². The number of aliphatic hydroxyl groups excluding tert-OH is 1. The number of hydrogen-bond acceptors (Lipinski definition) is 1. The molecule has 0 aliphatic rings. The van der Waals surface area contributed by atoms with E-state index in [1.54, 1.807) is 6.08 Å². The van der Waals surface area contributed by atoms with E-state index in [0.717, 1.165) is 11.1 Å². The van der Waals surface area contributed by atoms with Gasteiger partial charge in [-0.3, -0.25) is 0 Å². The third kappa shape index (κ3) is 2.26. The van der Waals surface area contributed by atoms with E-state index < -0.39 is 0 Å². The van der Waals surface area contributed by atoms with Crippen molar-refractivity contribution in [3.63, 3.8) is 0 Å². The molecule has 0 aliphatic carbocycles. The predicted octanol–water partition coefficient (Wildman–Crippen LogP) is 1.67. The normalized spacial score (nSPS) is 10.0. The van der Waals surface area contributed by atoms with Gasteiger partial charge in [0, 0.05) is 5.56 Å². The zero-order chi connectivity index (χ0) is 8.81. The molecule has 0 saturated heterocycles. The lowest BCUT2D eigenvalue weighted by Crippen LogP contribution is -1.77. The summed E-state index contributed by atoms with van der Waals surface area (Å²) in [7, 11) is 0. The molecule has 0 unspecified atom stereocenters. The molecule has 1 N–H and O–H groups in total. The molecule has 0 spiro atoms. The second-order valence-corrected chi connectivity index (χ2v) is 2.35. The third-order valence-electron chi connectivity index (χ3n) is 1.47. The van der Waals surface area contributed by atoms with E-state index >= 15 is 0 Å². The molecule has 12 heavy (non-hydrogen) atoms. The lowest BCUT2D eigenvalue weighted by molar-refractivity contribution is 0.343. The summed E-state index contributed by atoms with van der Waals surface area (Å²) in [5.74, 6) is 2.55. The Hall–Kier alpha value is -1.52. The first-order chi connectivity index (χ1) is 5.86. The fourth-order valence-corrected chi connectivity index (χ4v) is 0.921. The van der Waals surface area contributed by atoms with E-state index in [-0.39, 0.29) is 6.61 Å². The number of rotatable bonds is 2. The molecule has 0 atom stereocenters. The van der Waals surface area contributed by atoms with Crippen molar-refractivity contribution in [2.45, 2.75) is 0 Å². The Morgan fingerprint density at radius 3 is 3.00 bits per heavy atom. The Balaban J connectivity index is 2.88. The summed E-state index contributed by atoms with van der Waals surface area (Å²) in [6, 6.07) is 7.60. The Morgan fingerprint density at radius 1 is 1.50 bits per heavy atom. The summed E-state index contributed by atoms with van der Waals surface area (Å²) in [4.78, 5) is 0. The summed E-state index contributed by atoms with van der Waals surface area (Å²) in [6.07, 6.45) is 8.73. The van der Waals surface area contributed by atoms with Crippen LogP contribution in [0, 0.1) is 12.3 Å². The van der Waals surface area contributed by atoms with E-state index in [1.807, 2.05) is 30.3 Å². The van der Waals surface area contributed by atoms with Crippen LogP contribution in [0.1, 0.15) is 11.1 Å². The maximum atomic E-state index is 8.53. The minimum atomic E-state index is 0.0558. The van der Waals surface area contributed by atoms with Crippen molar-refractivity contribution in [3.05, 3.63) is 41.5 Å². The van der Waals surface area contributed by atoms with Crippen LogP contribution in [0.4, 0.5) is 0 Å². The van der Waals surface area contributed by atoms with Crippen LogP contribution in [0.3, 0.4) is 0 Å². The highest BCUT2D eigenvalue weighted by atomic mass is 16.2. The summed E-state index contributed by atoms with van der Waals surface area (Å²) in [6.45, 7) is 0.0558.